The molecule has 2 heterocycles. The van der Waals surface area contributed by atoms with Crippen LogP contribution in [0, 0.1) is 5.82 Å². The molecule has 4 N–H and O–H groups in total. The van der Waals surface area contributed by atoms with Crippen molar-refractivity contribution in [2.24, 2.45) is 5.84 Å². The van der Waals surface area contributed by atoms with Gasteiger partial charge < -0.3 is 5.32 Å². The number of halogens is 1. The zero-order chi connectivity index (χ0) is 11.4. The monoisotopic (exact) mass is 239 g/mol. The Morgan fingerprint density at radius 3 is 3.06 bits per heavy atom. The molecular formula is C9H10FN5S. The Hall–Kier alpha value is -1.73. The highest BCUT2D eigenvalue weighted by molar-refractivity contribution is 7.09. The summed E-state index contributed by atoms with van der Waals surface area (Å²) >= 11 is 1.59. The molecule has 0 bridgehead atoms. The van der Waals surface area contributed by atoms with Gasteiger partial charge in [0, 0.05) is 4.88 Å². The molecule has 84 valence electrons. The fourth-order valence-electron chi connectivity index (χ4n) is 1.14. The second kappa shape index (κ2) is 4.86. The summed E-state index contributed by atoms with van der Waals surface area (Å²) in [4.78, 5) is 8.60. The predicted octanol–water partition coefficient (Wildman–Crippen LogP) is 1.57. The number of thiophene rings is 1. The molecule has 0 aliphatic carbocycles. The molecule has 0 aliphatic rings. The van der Waals surface area contributed by atoms with Crippen molar-refractivity contribution in [3.05, 3.63) is 34.4 Å². The van der Waals surface area contributed by atoms with Gasteiger partial charge >= 0.3 is 0 Å². The van der Waals surface area contributed by atoms with Crippen molar-refractivity contribution in [3.63, 3.8) is 0 Å². The van der Waals surface area contributed by atoms with Crippen molar-refractivity contribution >= 4 is 23.1 Å². The van der Waals surface area contributed by atoms with Crippen molar-refractivity contribution in [2.45, 2.75) is 6.54 Å². The lowest BCUT2D eigenvalue weighted by Gasteiger charge is -2.06. The van der Waals surface area contributed by atoms with Gasteiger partial charge in [-0.2, -0.15) is 4.98 Å². The van der Waals surface area contributed by atoms with Gasteiger partial charge in [0.15, 0.2) is 11.6 Å². The fraction of sp³-hybridized carbons (Fsp3) is 0.111. The van der Waals surface area contributed by atoms with Crippen LogP contribution in [0.4, 0.5) is 16.2 Å². The van der Waals surface area contributed by atoms with E-state index >= 15 is 0 Å². The van der Waals surface area contributed by atoms with Gasteiger partial charge in [0.1, 0.15) is 0 Å². The molecule has 2 rings (SSSR count). The molecule has 7 heteroatoms. The van der Waals surface area contributed by atoms with E-state index in [0.717, 1.165) is 11.1 Å². The number of hydrazine groups is 1. The maximum Gasteiger partial charge on any atom is 0.239 e. The van der Waals surface area contributed by atoms with Crippen LogP contribution in [-0.2, 0) is 6.54 Å². The SMILES string of the molecule is NNc1ncc(F)c(NCc2cccs2)n1. The van der Waals surface area contributed by atoms with Crippen LogP contribution in [0.15, 0.2) is 23.7 Å². The van der Waals surface area contributed by atoms with Crippen LogP contribution in [0.3, 0.4) is 0 Å². The number of nitrogens with two attached hydrogens (primary N) is 1. The van der Waals surface area contributed by atoms with Crippen molar-refractivity contribution in [2.75, 3.05) is 10.7 Å². The van der Waals surface area contributed by atoms with Crippen molar-refractivity contribution < 1.29 is 4.39 Å². The van der Waals surface area contributed by atoms with Gasteiger partial charge in [-0.25, -0.2) is 15.2 Å². The van der Waals surface area contributed by atoms with Crippen LogP contribution in [-0.4, -0.2) is 9.97 Å². The lowest BCUT2D eigenvalue weighted by molar-refractivity contribution is 0.617. The van der Waals surface area contributed by atoms with Gasteiger partial charge in [-0.1, -0.05) is 6.07 Å². The van der Waals surface area contributed by atoms with E-state index in [2.05, 4.69) is 20.7 Å². The second-order valence-corrected chi connectivity index (χ2v) is 4.00. The first-order valence-corrected chi connectivity index (χ1v) is 5.43. The average molecular weight is 239 g/mol. The van der Waals surface area contributed by atoms with E-state index < -0.39 is 5.82 Å². The average Bonchev–Trinajstić information content (AvgIpc) is 2.81. The Bertz CT molecular complexity index is 459. The van der Waals surface area contributed by atoms with E-state index in [4.69, 9.17) is 5.84 Å². The van der Waals surface area contributed by atoms with Gasteiger partial charge in [-0.3, -0.25) is 5.43 Å². The van der Waals surface area contributed by atoms with Crippen molar-refractivity contribution in [3.8, 4) is 0 Å². The molecule has 0 fully saturated rings. The molecule has 2 aromatic heterocycles. The number of hydrogen-bond acceptors (Lipinski definition) is 6. The van der Waals surface area contributed by atoms with Crippen LogP contribution >= 0.6 is 11.3 Å². The lowest BCUT2D eigenvalue weighted by Crippen LogP contribution is -2.12. The first-order chi connectivity index (χ1) is 7.79. The van der Waals surface area contributed by atoms with Crippen LogP contribution in [0.2, 0.25) is 0 Å². The fourth-order valence-corrected chi connectivity index (χ4v) is 1.79. The number of nitrogens with zero attached hydrogens (tertiary/aromatic N) is 2. The standard InChI is InChI=1S/C9H10FN5S/c10-7-5-13-9(15-11)14-8(7)12-4-6-2-1-3-16-6/h1-3,5H,4,11H2,(H2,12,13,14,15). The quantitative estimate of drug-likeness (QED) is 0.558. The number of nitrogen functional groups attached to an aromatic ring is 1. The molecule has 0 spiro atoms. The molecule has 0 unspecified atom stereocenters. The zero-order valence-corrected chi connectivity index (χ0v) is 9.09. The topological polar surface area (TPSA) is 75.9 Å². The second-order valence-electron chi connectivity index (χ2n) is 2.97. The minimum Gasteiger partial charge on any atom is -0.363 e. The third-order valence-electron chi connectivity index (χ3n) is 1.88. The third kappa shape index (κ3) is 2.44. The summed E-state index contributed by atoms with van der Waals surface area (Å²) in [6.45, 7) is 0.523. The van der Waals surface area contributed by atoms with E-state index in [-0.39, 0.29) is 11.8 Å². The first-order valence-electron chi connectivity index (χ1n) is 4.55. The number of anilines is 2. The number of hydrogen-bond donors (Lipinski definition) is 3. The molecule has 0 aromatic carbocycles. The molecule has 0 atom stereocenters. The van der Waals surface area contributed by atoms with Crippen molar-refractivity contribution in [1.82, 2.24) is 9.97 Å². The summed E-state index contributed by atoms with van der Waals surface area (Å²) in [6, 6.07) is 3.89. The third-order valence-corrected chi connectivity index (χ3v) is 2.76. The van der Waals surface area contributed by atoms with E-state index in [1.54, 1.807) is 11.3 Å². The van der Waals surface area contributed by atoms with E-state index in [1.165, 1.54) is 0 Å². The van der Waals surface area contributed by atoms with Crippen LogP contribution in [0.5, 0.6) is 0 Å². The Balaban J connectivity index is 2.08. The Morgan fingerprint density at radius 1 is 1.50 bits per heavy atom. The highest BCUT2D eigenvalue weighted by atomic mass is 32.1. The lowest BCUT2D eigenvalue weighted by atomic mass is 10.4. The highest BCUT2D eigenvalue weighted by Crippen LogP contribution is 2.14. The summed E-state index contributed by atoms with van der Waals surface area (Å²) in [5.41, 5.74) is 2.26. The van der Waals surface area contributed by atoms with Crippen LogP contribution in [0.25, 0.3) is 0 Å². The molecule has 0 saturated heterocycles. The van der Waals surface area contributed by atoms with Crippen LogP contribution < -0.4 is 16.6 Å². The number of aromatic nitrogens is 2. The van der Waals surface area contributed by atoms with E-state index in [0.29, 0.717) is 6.54 Å². The van der Waals surface area contributed by atoms with Gasteiger partial charge in [0.25, 0.3) is 0 Å². The molecule has 16 heavy (non-hydrogen) atoms. The van der Waals surface area contributed by atoms with Crippen LogP contribution in [0.1, 0.15) is 4.88 Å². The molecule has 2 aromatic rings. The molecule has 0 saturated carbocycles. The van der Waals surface area contributed by atoms with Crippen molar-refractivity contribution in [1.29, 1.82) is 0 Å². The summed E-state index contributed by atoms with van der Waals surface area (Å²) in [6.07, 6.45) is 1.07. The van der Waals surface area contributed by atoms with E-state index in [9.17, 15) is 4.39 Å². The molecule has 0 radical (unpaired) electrons. The maximum atomic E-state index is 13.3. The minimum absolute atomic E-state index is 0.136. The first kappa shape index (κ1) is 10.8. The number of nitrogens with one attached hydrogen (secondary N) is 2. The molecule has 0 aliphatic heterocycles. The summed E-state index contributed by atoms with van der Waals surface area (Å²) in [5.74, 6) is 4.94. The summed E-state index contributed by atoms with van der Waals surface area (Å²) in [7, 11) is 0. The summed E-state index contributed by atoms with van der Waals surface area (Å²) < 4.78 is 13.3. The highest BCUT2D eigenvalue weighted by Gasteiger charge is 2.05. The summed E-state index contributed by atoms with van der Waals surface area (Å²) in [5, 5.41) is 4.84. The van der Waals surface area contributed by atoms with Gasteiger partial charge in [0.2, 0.25) is 5.95 Å². The molecule has 0 amide bonds. The molecular weight excluding hydrogens is 229 g/mol. The van der Waals surface area contributed by atoms with E-state index in [1.807, 2.05) is 17.5 Å². The maximum absolute atomic E-state index is 13.3. The van der Waals surface area contributed by atoms with Gasteiger partial charge in [-0.05, 0) is 11.4 Å². The predicted molar refractivity (Wildman–Crippen MR) is 61.4 cm³/mol. The molecule has 5 nitrogen and oxygen atoms in total. The Kier molecular flexibility index (Phi) is 3.28. The van der Waals surface area contributed by atoms with Gasteiger partial charge in [0.05, 0.1) is 12.7 Å². The number of rotatable bonds is 4. The normalized spacial score (nSPS) is 10.1. The smallest absolute Gasteiger partial charge is 0.239 e. The minimum atomic E-state index is -0.504. The zero-order valence-electron chi connectivity index (χ0n) is 8.27. The Morgan fingerprint density at radius 2 is 2.38 bits per heavy atom. The van der Waals surface area contributed by atoms with Gasteiger partial charge in [-0.15, -0.1) is 11.3 Å². The Labute approximate surface area is 95.5 Å². The largest absolute Gasteiger partial charge is 0.363 e.